The maximum Gasteiger partial charge on any atom is 0.153 e. The average molecular weight is 229 g/mol. The van der Waals surface area contributed by atoms with Crippen molar-refractivity contribution in [2.75, 3.05) is 11.9 Å². The van der Waals surface area contributed by atoms with E-state index in [-0.39, 0.29) is 0 Å². The molecule has 2 aromatic rings. The number of aryl methyl sites for hydroxylation is 1. The fourth-order valence-corrected chi connectivity index (χ4v) is 1.50. The first-order valence-electron chi connectivity index (χ1n) is 5.53. The summed E-state index contributed by atoms with van der Waals surface area (Å²) in [5.74, 6) is 0.775. The van der Waals surface area contributed by atoms with Crippen LogP contribution in [0.15, 0.2) is 35.8 Å². The van der Waals surface area contributed by atoms with Crippen LogP contribution in [-0.2, 0) is 0 Å². The molecule has 0 aromatic carbocycles. The smallest absolute Gasteiger partial charge is 0.153 e. The van der Waals surface area contributed by atoms with Crippen LogP contribution in [0.3, 0.4) is 0 Å². The fourth-order valence-electron chi connectivity index (χ4n) is 1.50. The summed E-state index contributed by atoms with van der Waals surface area (Å²) >= 11 is 0. The van der Waals surface area contributed by atoms with Crippen molar-refractivity contribution in [1.29, 1.82) is 0 Å². The van der Waals surface area contributed by atoms with Gasteiger partial charge in [0.15, 0.2) is 5.84 Å². The second kappa shape index (κ2) is 5.25. The minimum Gasteiger partial charge on any atom is -0.348 e. The Morgan fingerprint density at radius 3 is 2.76 bits per heavy atom. The van der Waals surface area contributed by atoms with Crippen LogP contribution in [0, 0.1) is 6.92 Å². The van der Waals surface area contributed by atoms with Gasteiger partial charge < -0.3 is 10.3 Å². The van der Waals surface area contributed by atoms with E-state index in [2.05, 4.69) is 25.3 Å². The van der Waals surface area contributed by atoms with E-state index >= 15 is 0 Å². The number of pyridine rings is 1. The predicted octanol–water partition coefficient (Wildman–Crippen LogP) is 1.99. The number of imidazole rings is 1. The Kier molecular flexibility index (Phi) is 3.49. The van der Waals surface area contributed by atoms with Gasteiger partial charge in [-0.05, 0) is 26.0 Å². The van der Waals surface area contributed by atoms with Gasteiger partial charge in [0.2, 0.25) is 0 Å². The van der Waals surface area contributed by atoms with Crippen LogP contribution in [0.5, 0.6) is 0 Å². The lowest BCUT2D eigenvalue weighted by atomic mass is 10.3. The summed E-state index contributed by atoms with van der Waals surface area (Å²) in [6, 6.07) is 3.79. The molecule has 17 heavy (non-hydrogen) atoms. The molecular formula is C12H15N5. The number of hydrogen-bond donors (Lipinski definition) is 2. The second-order valence-corrected chi connectivity index (χ2v) is 3.56. The van der Waals surface area contributed by atoms with Crippen molar-refractivity contribution in [2.45, 2.75) is 13.8 Å². The highest BCUT2D eigenvalue weighted by atomic mass is 15.0. The number of amidine groups is 1. The summed E-state index contributed by atoms with van der Waals surface area (Å²) in [4.78, 5) is 15.7. The van der Waals surface area contributed by atoms with Crippen molar-refractivity contribution in [3.05, 3.63) is 42.2 Å². The number of aromatic amines is 1. The fraction of sp³-hybridized carbons (Fsp3) is 0.250. The van der Waals surface area contributed by atoms with Crippen LogP contribution in [-0.4, -0.2) is 27.3 Å². The van der Waals surface area contributed by atoms with Gasteiger partial charge in [0, 0.05) is 30.3 Å². The van der Waals surface area contributed by atoms with E-state index in [4.69, 9.17) is 0 Å². The zero-order valence-electron chi connectivity index (χ0n) is 9.94. The third-order valence-corrected chi connectivity index (χ3v) is 2.31. The van der Waals surface area contributed by atoms with Crippen LogP contribution >= 0.6 is 0 Å². The molecule has 0 saturated heterocycles. The van der Waals surface area contributed by atoms with Crippen LogP contribution in [0.25, 0.3) is 0 Å². The molecule has 0 atom stereocenters. The van der Waals surface area contributed by atoms with Crippen LogP contribution in [0.1, 0.15) is 18.3 Å². The van der Waals surface area contributed by atoms with Gasteiger partial charge in [0.1, 0.15) is 5.69 Å². The topological polar surface area (TPSA) is 66.0 Å². The lowest BCUT2D eigenvalue weighted by Gasteiger charge is -2.08. The standard InChI is InChI=1S/C12H15N5/c1-3-14-12(11-9(2)15-8-16-11)17-10-4-6-13-7-5-10/h4-8H,3H2,1-2H3,(H,15,16)(H,13,14,17). The summed E-state index contributed by atoms with van der Waals surface area (Å²) in [6.45, 7) is 4.68. The Hall–Kier alpha value is -2.17. The van der Waals surface area contributed by atoms with E-state index in [9.17, 15) is 0 Å². The lowest BCUT2D eigenvalue weighted by Crippen LogP contribution is -2.16. The maximum atomic E-state index is 4.43. The molecule has 0 fully saturated rings. The molecule has 2 aromatic heterocycles. The summed E-state index contributed by atoms with van der Waals surface area (Å²) in [5, 5.41) is 3.25. The van der Waals surface area contributed by atoms with E-state index in [1.165, 1.54) is 0 Å². The van der Waals surface area contributed by atoms with Crippen molar-refractivity contribution in [1.82, 2.24) is 15.0 Å². The Bertz CT molecular complexity index is 501. The third-order valence-electron chi connectivity index (χ3n) is 2.31. The SMILES string of the molecule is CCN=C(Nc1ccncc1)c1nc[nH]c1C. The van der Waals surface area contributed by atoms with Gasteiger partial charge in [0.25, 0.3) is 0 Å². The molecule has 0 aliphatic heterocycles. The Balaban J connectivity index is 2.26. The second-order valence-electron chi connectivity index (χ2n) is 3.56. The molecule has 0 aliphatic rings. The first kappa shape index (κ1) is 11.3. The molecular weight excluding hydrogens is 214 g/mol. The maximum absolute atomic E-state index is 4.43. The molecule has 88 valence electrons. The molecule has 5 heteroatoms. The minimum absolute atomic E-state index is 0.708. The number of rotatable bonds is 3. The largest absolute Gasteiger partial charge is 0.348 e. The number of hydrogen-bond acceptors (Lipinski definition) is 3. The summed E-state index contributed by atoms with van der Waals surface area (Å²) in [7, 11) is 0. The lowest BCUT2D eigenvalue weighted by molar-refractivity contribution is 1.12. The van der Waals surface area contributed by atoms with Gasteiger partial charge in [-0.2, -0.15) is 0 Å². The normalized spacial score (nSPS) is 11.5. The molecule has 0 unspecified atom stereocenters. The van der Waals surface area contributed by atoms with Gasteiger partial charge in [-0.25, -0.2) is 4.98 Å². The highest BCUT2D eigenvalue weighted by Crippen LogP contribution is 2.09. The third kappa shape index (κ3) is 2.69. The van der Waals surface area contributed by atoms with E-state index in [0.717, 1.165) is 22.9 Å². The van der Waals surface area contributed by atoms with Gasteiger partial charge in [-0.3, -0.25) is 9.98 Å². The molecule has 0 saturated carbocycles. The minimum atomic E-state index is 0.708. The monoisotopic (exact) mass is 229 g/mol. The molecule has 2 heterocycles. The zero-order valence-corrected chi connectivity index (χ0v) is 9.94. The molecule has 5 nitrogen and oxygen atoms in total. The van der Waals surface area contributed by atoms with Crippen LogP contribution < -0.4 is 5.32 Å². The first-order valence-corrected chi connectivity index (χ1v) is 5.53. The van der Waals surface area contributed by atoms with Crippen molar-refractivity contribution in [2.24, 2.45) is 4.99 Å². The molecule has 2 N–H and O–H groups in total. The number of nitrogens with zero attached hydrogens (tertiary/aromatic N) is 3. The van der Waals surface area contributed by atoms with Crippen molar-refractivity contribution in [3.8, 4) is 0 Å². The molecule has 0 radical (unpaired) electrons. The van der Waals surface area contributed by atoms with E-state index < -0.39 is 0 Å². The Morgan fingerprint density at radius 2 is 2.18 bits per heavy atom. The Labute approximate surface area is 100 Å². The van der Waals surface area contributed by atoms with Crippen molar-refractivity contribution < 1.29 is 0 Å². The highest BCUT2D eigenvalue weighted by molar-refractivity contribution is 6.07. The zero-order chi connectivity index (χ0) is 12.1. The average Bonchev–Trinajstić information content (AvgIpc) is 2.76. The van der Waals surface area contributed by atoms with Gasteiger partial charge in [-0.15, -0.1) is 0 Å². The predicted molar refractivity (Wildman–Crippen MR) is 68.3 cm³/mol. The molecule has 0 spiro atoms. The summed E-state index contributed by atoms with van der Waals surface area (Å²) in [5.41, 5.74) is 2.80. The Morgan fingerprint density at radius 1 is 1.41 bits per heavy atom. The van der Waals surface area contributed by atoms with Crippen LogP contribution in [0.2, 0.25) is 0 Å². The first-order chi connectivity index (χ1) is 8.31. The van der Waals surface area contributed by atoms with Crippen molar-refractivity contribution >= 4 is 11.5 Å². The van der Waals surface area contributed by atoms with Crippen molar-refractivity contribution in [3.63, 3.8) is 0 Å². The van der Waals surface area contributed by atoms with E-state index in [1.54, 1.807) is 18.7 Å². The summed E-state index contributed by atoms with van der Waals surface area (Å²) in [6.07, 6.45) is 5.15. The molecule has 2 rings (SSSR count). The number of nitrogens with one attached hydrogen (secondary N) is 2. The van der Waals surface area contributed by atoms with E-state index in [1.807, 2.05) is 26.0 Å². The number of aliphatic imine (C=N–C) groups is 1. The number of anilines is 1. The quantitative estimate of drug-likeness (QED) is 0.625. The number of aromatic nitrogens is 3. The highest BCUT2D eigenvalue weighted by Gasteiger charge is 2.09. The van der Waals surface area contributed by atoms with Gasteiger partial charge >= 0.3 is 0 Å². The summed E-state index contributed by atoms with van der Waals surface area (Å²) < 4.78 is 0. The molecule has 0 bridgehead atoms. The molecule has 0 aliphatic carbocycles. The van der Waals surface area contributed by atoms with Crippen LogP contribution in [0.4, 0.5) is 5.69 Å². The van der Waals surface area contributed by atoms with Gasteiger partial charge in [0.05, 0.1) is 6.33 Å². The van der Waals surface area contributed by atoms with Gasteiger partial charge in [-0.1, -0.05) is 0 Å². The van der Waals surface area contributed by atoms with E-state index in [0.29, 0.717) is 6.54 Å². The molecule has 0 amide bonds. The number of H-pyrrole nitrogens is 1.